The van der Waals surface area contributed by atoms with E-state index in [2.05, 4.69) is 31.1 Å². The first kappa shape index (κ1) is 18.8. The van der Waals surface area contributed by atoms with Gasteiger partial charge in [-0.2, -0.15) is 0 Å². The molecule has 1 unspecified atom stereocenters. The van der Waals surface area contributed by atoms with Gasteiger partial charge in [-0.05, 0) is 42.2 Å². The minimum absolute atomic E-state index is 0.00698. The number of nitrogens with zero attached hydrogens (tertiary/aromatic N) is 1. The van der Waals surface area contributed by atoms with Gasteiger partial charge < -0.3 is 10.1 Å². The number of ether oxygens (including phenoxy) is 1. The van der Waals surface area contributed by atoms with Crippen LogP contribution in [0.2, 0.25) is 0 Å². The maximum absolute atomic E-state index is 12.6. The summed E-state index contributed by atoms with van der Waals surface area (Å²) < 4.78 is 5.51. The molecule has 0 spiro atoms. The molecule has 0 saturated carbocycles. The number of fused-ring (bicyclic) bond motifs is 1. The van der Waals surface area contributed by atoms with Crippen LogP contribution >= 0.6 is 0 Å². The van der Waals surface area contributed by atoms with Crippen LogP contribution in [-0.4, -0.2) is 24.1 Å². The fourth-order valence-electron chi connectivity index (χ4n) is 3.24. The first-order valence-corrected chi connectivity index (χ1v) is 9.07. The third-order valence-electron chi connectivity index (χ3n) is 4.50. The van der Waals surface area contributed by atoms with Crippen molar-refractivity contribution in [3.63, 3.8) is 0 Å². The molecule has 5 heteroatoms. The second kappa shape index (κ2) is 7.35. The average Bonchev–Trinajstić information content (AvgIpc) is 2.60. The van der Waals surface area contributed by atoms with Crippen molar-refractivity contribution in [3.05, 3.63) is 65.4 Å². The van der Waals surface area contributed by atoms with Gasteiger partial charge in [-0.3, -0.25) is 9.59 Å². The van der Waals surface area contributed by atoms with E-state index < -0.39 is 0 Å². The van der Waals surface area contributed by atoms with E-state index in [1.807, 2.05) is 25.1 Å². The number of rotatable bonds is 3. The number of benzene rings is 1. The van der Waals surface area contributed by atoms with Crippen molar-refractivity contribution in [1.82, 2.24) is 5.32 Å². The predicted molar refractivity (Wildman–Crippen MR) is 106 cm³/mol. The largest absolute Gasteiger partial charge is 0.493 e. The summed E-state index contributed by atoms with van der Waals surface area (Å²) in [6.45, 7) is 8.59. The van der Waals surface area contributed by atoms with Gasteiger partial charge in [-0.1, -0.05) is 39.0 Å². The Hall–Kier alpha value is -2.95. The van der Waals surface area contributed by atoms with Crippen molar-refractivity contribution in [2.24, 2.45) is 16.3 Å². The van der Waals surface area contributed by atoms with E-state index in [-0.39, 0.29) is 23.1 Å². The van der Waals surface area contributed by atoms with Crippen LogP contribution in [0.4, 0.5) is 0 Å². The van der Waals surface area contributed by atoms with Gasteiger partial charge in [0.25, 0.3) is 5.91 Å². The molecule has 1 aromatic carbocycles. The van der Waals surface area contributed by atoms with Crippen LogP contribution in [0.25, 0.3) is 0 Å². The number of allylic oxidation sites excluding steroid dienone is 3. The van der Waals surface area contributed by atoms with Crippen molar-refractivity contribution in [2.45, 2.75) is 27.7 Å². The first-order chi connectivity index (χ1) is 12.8. The van der Waals surface area contributed by atoms with Crippen LogP contribution in [-0.2, 0) is 4.79 Å². The molecule has 1 N–H and O–H groups in total. The minimum atomic E-state index is -0.372. The quantitative estimate of drug-likeness (QED) is 0.886. The normalized spacial score (nSPS) is 20.5. The molecule has 1 aliphatic heterocycles. The number of aliphatic imine (C=N–C) groups is 1. The lowest BCUT2D eigenvalue weighted by molar-refractivity contribution is -0.116. The van der Waals surface area contributed by atoms with Crippen LogP contribution in [0.5, 0.6) is 5.75 Å². The predicted octanol–water partition coefficient (Wildman–Crippen LogP) is 3.84. The lowest BCUT2D eigenvalue weighted by atomic mass is 9.74. The molecule has 0 radical (unpaired) electrons. The maximum atomic E-state index is 12.6. The van der Waals surface area contributed by atoms with Gasteiger partial charge in [0, 0.05) is 17.7 Å². The van der Waals surface area contributed by atoms with Crippen molar-refractivity contribution in [2.75, 3.05) is 6.61 Å². The second-order valence-corrected chi connectivity index (χ2v) is 7.55. The molecule has 5 nitrogen and oxygen atoms in total. The molecular formula is C22H24N2O3. The monoisotopic (exact) mass is 364 g/mol. The molecule has 140 valence electrons. The van der Waals surface area contributed by atoms with Gasteiger partial charge >= 0.3 is 0 Å². The zero-order valence-corrected chi connectivity index (χ0v) is 16.1. The zero-order chi connectivity index (χ0) is 19.6. The molecule has 0 fully saturated rings. The summed E-state index contributed by atoms with van der Waals surface area (Å²) in [6, 6.07) is 7.05. The number of carbonyl (C=O) groups is 2. The lowest BCUT2D eigenvalue weighted by Gasteiger charge is -2.34. The minimum Gasteiger partial charge on any atom is -0.493 e. The van der Waals surface area contributed by atoms with Crippen LogP contribution in [0, 0.1) is 11.3 Å². The Bertz CT molecular complexity index is 898. The third-order valence-corrected chi connectivity index (χ3v) is 4.50. The lowest BCUT2D eigenvalue weighted by Crippen LogP contribution is -2.36. The fourth-order valence-corrected chi connectivity index (χ4v) is 3.24. The number of para-hydroxylation sites is 1. The molecule has 1 atom stereocenters. The molecule has 3 rings (SSSR count). The van der Waals surface area contributed by atoms with Crippen LogP contribution < -0.4 is 10.1 Å². The van der Waals surface area contributed by atoms with E-state index in [0.717, 1.165) is 11.3 Å². The summed E-state index contributed by atoms with van der Waals surface area (Å²) in [4.78, 5) is 28.9. The smallest absolute Gasteiger partial charge is 0.281 e. The molecule has 1 aromatic rings. The zero-order valence-electron chi connectivity index (χ0n) is 16.1. The summed E-state index contributed by atoms with van der Waals surface area (Å²) in [5.74, 6) is -0.0103. The van der Waals surface area contributed by atoms with Crippen LogP contribution in [0.15, 0.2) is 64.8 Å². The summed E-state index contributed by atoms with van der Waals surface area (Å²) in [5.41, 5.74) is 2.59. The van der Waals surface area contributed by atoms with E-state index >= 15 is 0 Å². The van der Waals surface area contributed by atoms with Crippen molar-refractivity contribution >= 4 is 17.5 Å². The topological polar surface area (TPSA) is 67.8 Å². The summed E-state index contributed by atoms with van der Waals surface area (Å²) in [6.07, 6.45) is 7.24. The van der Waals surface area contributed by atoms with E-state index in [4.69, 9.17) is 4.74 Å². The number of hydrogen-bond acceptors (Lipinski definition) is 3. The number of amides is 2. The van der Waals surface area contributed by atoms with Gasteiger partial charge in [-0.15, -0.1) is 0 Å². The Morgan fingerprint density at radius 3 is 2.67 bits per heavy atom. The van der Waals surface area contributed by atoms with E-state index in [9.17, 15) is 9.59 Å². The highest BCUT2D eigenvalue weighted by Gasteiger charge is 2.32. The molecule has 0 aromatic heterocycles. The number of hydrogen-bond donors (Lipinski definition) is 1. The summed E-state index contributed by atoms with van der Waals surface area (Å²) in [5, 5.41) is 2.87. The molecule has 27 heavy (non-hydrogen) atoms. The van der Waals surface area contributed by atoms with Crippen LogP contribution in [0.1, 0.15) is 38.1 Å². The molecule has 0 saturated heterocycles. The van der Waals surface area contributed by atoms with E-state index in [1.54, 1.807) is 30.4 Å². The Balaban J connectivity index is 1.90. The number of carbonyl (C=O) groups excluding carboxylic acids is 2. The molecular weight excluding hydrogens is 340 g/mol. The summed E-state index contributed by atoms with van der Waals surface area (Å²) in [7, 11) is 0. The maximum Gasteiger partial charge on any atom is 0.281 e. The highest BCUT2D eigenvalue weighted by Crippen LogP contribution is 2.38. The molecule has 2 aliphatic rings. The SMILES string of the molecule is CCOc1ccccc1C(=O)N=C1C=CC2C(=C1)NC(=O)C=C2C(C)(C)C. The standard InChI is InChI=1S/C22H24N2O3/c1-5-27-19-9-7-6-8-16(19)21(26)23-14-10-11-15-17(22(2,3)4)13-20(25)24-18(15)12-14/h6-13,15H,5H2,1-4H3,(H,24,25). The molecule has 1 heterocycles. The van der Waals surface area contributed by atoms with Crippen molar-refractivity contribution in [3.8, 4) is 5.75 Å². The van der Waals surface area contributed by atoms with E-state index in [1.165, 1.54) is 0 Å². The molecule has 0 bridgehead atoms. The third kappa shape index (κ3) is 4.08. The Morgan fingerprint density at radius 2 is 1.96 bits per heavy atom. The van der Waals surface area contributed by atoms with Gasteiger partial charge in [0.1, 0.15) is 5.75 Å². The van der Waals surface area contributed by atoms with Gasteiger partial charge in [-0.25, -0.2) is 4.99 Å². The Labute approximate surface area is 159 Å². The second-order valence-electron chi connectivity index (χ2n) is 7.55. The van der Waals surface area contributed by atoms with Crippen molar-refractivity contribution < 1.29 is 14.3 Å². The van der Waals surface area contributed by atoms with Gasteiger partial charge in [0.05, 0.1) is 17.9 Å². The Kier molecular flexibility index (Phi) is 5.13. The highest BCUT2D eigenvalue weighted by atomic mass is 16.5. The van der Waals surface area contributed by atoms with Crippen LogP contribution in [0.3, 0.4) is 0 Å². The van der Waals surface area contributed by atoms with Gasteiger partial charge in [0.15, 0.2) is 0 Å². The first-order valence-electron chi connectivity index (χ1n) is 9.07. The average molecular weight is 364 g/mol. The summed E-state index contributed by atoms with van der Waals surface area (Å²) >= 11 is 0. The number of nitrogens with one attached hydrogen (secondary N) is 1. The molecule has 2 amide bonds. The van der Waals surface area contributed by atoms with Crippen molar-refractivity contribution in [1.29, 1.82) is 0 Å². The fraction of sp³-hybridized carbons (Fsp3) is 0.318. The van der Waals surface area contributed by atoms with Gasteiger partial charge in [0.2, 0.25) is 5.91 Å². The highest BCUT2D eigenvalue weighted by molar-refractivity contribution is 6.14. The Morgan fingerprint density at radius 1 is 1.22 bits per heavy atom. The molecule has 1 aliphatic carbocycles. The van der Waals surface area contributed by atoms with E-state index in [0.29, 0.717) is 23.6 Å².